The van der Waals surface area contributed by atoms with Gasteiger partial charge in [0.05, 0.1) is 5.56 Å². The summed E-state index contributed by atoms with van der Waals surface area (Å²) in [5.41, 5.74) is 2.11. The van der Waals surface area contributed by atoms with Gasteiger partial charge >= 0.3 is 0 Å². The van der Waals surface area contributed by atoms with Crippen LogP contribution in [-0.2, 0) is 0 Å². The number of Topliss-reactive ketones (excluding diaryl/α,β-unsaturated/α-hetero) is 1. The lowest BCUT2D eigenvalue weighted by atomic mass is 9.88. The zero-order valence-corrected chi connectivity index (χ0v) is 8.82. The Morgan fingerprint density at radius 1 is 1.12 bits per heavy atom. The summed E-state index contributed by atoms with van der Waals surface area (Å²) in [5, 5.41) is 11.7. The number of carbonyl (C=O) groups is 1. The van der Waals surface area contributed by atoms with Crippen molar-refractivity contribution < 1.29 is 9.90 Å². The molecule has 0 spiro atoms. The highest BCUT2D eigenvalue weighted by molar-refractivity contribution is 6.23. The normalized spacial score (nSPS) is 14.1. The summed E-state index contributed by atoms with van der Waals surface area (Å²) in [6.45, 7) is 1.77. The molecule has 0 aliphatic heterocycles. The Balaban J connectivity index is 2.58. The van der Waals surface area contributed by atoms with E-state index in [-0.39, 0.29) is 11.5 Å². The molecule has 1 aliphatic carbocycles. The van der Waals surface area contributed by atoms with E-state index in [1.807, 2.05) is 30.3 Å². The number of aromatic hydroxyl groups is 1. The number of allylic oxidation sites excluding steroid dienone is 1. The second kappa shape index (κ2) is 2.95. The summed E-state index contributed by atoms with van der Waals surface area (Å²) in [6.07, 6.45) is 1.87. The molecule has 78 valence electrons. The highest BCUT2D eigenvalue weighted by Crippen LogP contribution is 2.35. The fourth-order valence-electron chi connectivity index (χ4n) is 2.24. The number of hydrogen-bond acceptors (Lipinski definition) is 2. The van der Waals surface area contributed by atoms with Crippen molar-refractivity contribution in [3.63, 3.8) is 0 Å². The number of benzene rings is 2. The Kier molecular flexibility index (Phi) is 1.69. The molecule has 0 saturated carbocycles. The summed E-state index contributed by atoms with van der Waals surface area (Å²) in [5.74, 6) is -0.0146. The number of phenolic OH excluding ortho intramolecular Hbond substituents is 1. The van der Waals surface area contributed by atoms with Crippen molar-refractivity contribution in [2.45, 2.75) is 6.92 Å². The SMILES string of the molecule is CC1=Cc2cccc3ccc(O)c(c23)C1=O. The summed E-state index contributed by atoms with van der Waals surface area (Å²) in [4.78, 5) is 12.0. The van der Waals surface area contributed by atoms with Crippen molar-refractivity contribution in [3.05, 3.63) is 47.0 Å². The second-order valence-corrected chi connectivity index (χ2v) is 4.06. The molecule has 2 aromatic carbocycles. The number of phenols is 1. The minimum absolute atomic E-state index is 0.0670. The van der Waals surface area contributed by atoms with Gasteiger partial charge in [-0.25, -0.2) is 0 Å². The third-order valence-corrected chi connectivity index (χ3v) is 3.01. The standard InChI is InChI=1S/C14H10O2/c1-8-7-10-4-2-3-9-5-6-11(15)13(12(9)10)14(8)16/h2-7,15H,1H3. The van der Waals surface area contributed by atoms with Crippen molar-refractivity contribution in [1.29, 1.82) is 0 Å². The largest absolute Gasteiger partial charge is 0.507 e. The van der Waals surface area contributed by atoms with Crippen LogP contribution in [0.4, 0.5) is 0 Å². The summed E-state index contributed by atoms with van der Waals surface area (Å²) >= 11 is 0. The van der Waals surface area contributed by atoms with Crippen LogP contribution < -0.4 is 0 Å². The third-order valence-electron chi connectivity index (χ3n) is 3.01. The van der Waals surface area contributed by atoms with E-state index in [0.29, 0.717) is 11.1 Å². The van der Waals surface area contributed by atoms with E-state index >= 15 is 0 Å². The molecule has 0 saturated heterocycles. The van der Waals surface area contributed by atoms with Crippen molar-refractivity contribution in [2.24, 2.45) is 0 Å². The molecule has 2 aromatic rings. The third kappa shape index (κ3) is 1.04. The maximum absolute atomic E-state index is 12.0. The topological polar surface area (TPSA) is 37.3 Å². The Morgan fingerprint density at radius 3 is 2.75 bits per heavy atom. The van der Waals surface area contributed by atoms with Crippen LogP contribution in [0.25, 0.3) is 16.8 Å². The van der Waals surface area contributed by atoms with Gasteiger partial charge < -0.3 is 5.11 Å². The van der Waals surface area contributed by atoms with E-state index < -0.39 is 0 Å². The fraction of sp³-hybridized carbons (Fsp3) is 0.0714. The van der Waals surface area contributed by atoms with Crippen molar-refractivity contribution >= 4 is 22.6 Å². The van der Waals surface area contributed by atoms with E-state index in [1.54, 1.807) is 13.0 Å². The number of hydrogen-bond donors (Lipinski definition) is 1. The molecule has 0 heterocycles. The van der Waals surface area contributed by atoms with E-state index in [4.69, 9.17) is 0 Å². The van der Waals surface area contributed by atoms with Crippen molar-refractivity contribution in [1.82, 2.24) is 0 Å². The van der Waals surface area contributed by atoms with Gasteiger partial charge in [0.15, 0.2) is 5.78 Å². The Bertz CT molecular complexity index is 651. The second-order valence-electron chi connectivity index (χ2n) is 4.06. The molecular weight excluding hydrogens is 200 g/mol. The zero-order chi connectivity index (χ0) is 11.3. The molecule has 1 N–H and O–H groups in total. The van der Waals surface area contributed by atoms with Crippen molar-refractivity contribution in [2.75, 3.05) is 0 Å². The van der Waals surface area contributed by atoms with Gasteiger partial charge in [0, 0.05) is 5.39 Å². The summed E-state index contributed by atoms with van der Waals surface area (Å²) < 4.78 is 0. The first-order valence-corrected chi connectivity index (χ1v) is 5.16. The Hall–Kier alpha value is -2.09. The molecule has 2 nitrogen and oxygen atoms in total. The average Bonchev–Trinajstić information content (AvgIpc) is 2.28. The van der Waals surface area contributed by atoms with Crippen LogP contribution in [0.5, 0.6) is 5.75 Å². The van der Waals surface area contributed by atoms with Crippen LogP contribution in [0.3, 0.4) is 0 Å². The molecule has 0 unspecified atom stereocenters. The molecular formula is C14H10O2. The maximum Gasteiger partial charge on any atom is 0.193 e. The van der Waals surface area contributed by atoms with Gasteiger partial charge in [0.2, 0.25) is 0 Å². The average molecular weight is 210 g/mol. The van der Waals surface area contributed by atoms with Crippen LogP contribution in [-0.4, -0.2) is 10.9 Å². The first-order valence-electron chi connectivity index (χ1n) is 5.16. The minimum Gasteiger partial charge on any atom is -0.507 e. The van der Waals surface area contributed by atoms with Gasteiger partial charge in [-0.3, -0.25) is 4.79 Å². The molecule has 0 fully saturated rings. The predicted molar refractivity (Wildman–Crippen MR) is 63.6 cm³/mol. The first-order chi connectivity index (χ1) is 7.68. The molecule has 0 bridgehead atoms. The van der Waals surface area contributed by atoms with Gasteiger partial charge in [-0.1, -0.05) is 24.3 Å². The van der Waals surface area contributed by atoms with Gasteiger partial charge in [-0.15, -0.1) is 0 Å². The minimum atomic E-state index is -0.0817. The number of ketones is 1. The smallest absolute Gasteiger partial charge is 0.193 e. The van der Waals surface area contributed by atoms with E-state index in [9.17, 15) is 9.90 Å². The zero-order valence-electron chi connectivity index (χ0n) is 8.82. The van der Waals surface area contributed by atoms with Gasteiger partial charge in [0.25, 0.3) is 0 Å². The quantitative estimate of drug-likeness (QED) is 0.725. The lowest BCUT2D eigenvalue weighted by Gasteiger charge is -2.15. The first kappa shape index (κ1) is 9.16. The lowest BCUT2D eigenvalue weighted by molar-refractivity contribution is 0.103. The van der Waals surface area contributed by atoms with Crippen LogP contribution in [0.1, 0.15) is 22.8 Å². The number of carbonyl (C=O) groups excluding carboxylic acids is 1. The summed E-state index contributed by atoms with van der Waals surface area (Å²) in [6, 6.07) is 9.28. The molecule has 0 atom stereocenters. The highest BCUT2D eigenvalue weighted by atomic mass is 16.3. The molecule has 1 aliphatic rings. The van der Waals surface area contributed by atoms with Crippen LogP contribution in [0, 0.1) is 0 Å². The van der Waals surface area contributed by atoms with Crippen LogP contribution >= 0.6 is 0 Å². The van der Waals surface area contributed by atoms with Gasteiger partial charge in [-0.05, 0) is 35.6 Å². The monoisotopic (exact) mass is 210 g/mol. The van der Waals surface area contributed by atoms with E-state index in [0.717, 1.165) is 16.3 Å². The summed E-state index contributed by atoms with van der Waals surface area (Å²) in [7, 11) is 0. The molecule has 0 aromatic heterocycles. The fourth-order valence-corrected chi connectivity index (χ4v) is 2.24. The predicted octanol–water partition coefficient (Wildman–Crippen LogP) is 3.15. The van der Waals surface area contributed by atoms with Gasteiger partial charge in [0.1, 0.15) is 5.75 Å². The Labute approximate surface area is 92.8 Å². The number of rotatable bonds is 0. The lowest BCUT2D eigenvalue weighted by Crippen LogP contribution is -2.07. The Morgan fingerprint density at radius 2 is 1.94 bits per heavy atom. The van der Waals surface area contributed by atoms with Crippen molar-refractivity contribution in [3.8, 4) is 5.75 Å². The van der Waals surface area contributed by atoms with Crippen LogP contribution in [0.15, 0.2) is 35.9 Å². The van der Waals surface area contributed by atoms with E-state index in [1.165, 1.54) is 0 Å². The highest BCUT2D eigenvalue weighted by Gasteiger charge is 2.22. The van der Waals surface area contributed by atoms with E-state index in [2.05, 4.69) is 0 Å². The molecule has 16 heavy (non-hydrogen) atoms. The molecule has 0 amide bonds. The maximum atomic E-state index is 12.0. The molecule has 3 rings (SSSR count). The molecule has 0 radical (unpaired) electrons. The van der Waals surface area contributed by atoms with Crippen LogP contribution in [0.2, 0.25) is 0 Å². The molecule has 2 heteroatoms. The van der Waals surface area contributed by atoms with Gasteiger partial charge in [-0.2, -0.15) is 0 Å².